The van der Waals surface area contributed by atoms with Gasteiger partial charge in [-0.1, -0.05) is 23.9 Å². The molecule has 7 nitrogen and oxygen atoms in total. The molecule has 0 saturated carbocycles. The maximum atomic E-state index is 12.2. The van der Waals surface area contributed by atoms with Crippen LogP contribution in [0.25, 0.3) is 11.0 Å². The van der Waals surface area contributed by atoms with E-state index in [1.54, 1.807) is 25.3 Å². The monoisotopic (exact) mass is 384 g/mol. The van der Waals surface area contributed by atoms with Gasteiger partial charge in [0, 0.05) is 24.7 Å². The van der Waals surface area contributed by atoms with Crippen LogP contribution in [0.3, 0.4) is 0 Å². The van der Waals surface area contributed by atoms with E-state index in [2.05, 4.69) is 20.6 Å². The van der Waals surface area contributed by atoms with Crippen molar-refractivity contribution < 1.29 is 14.3 Å². The van der Waals surface area contributed by atoms with Crippen molar-refractivity contribution in [2.75, 3.05) is 18.2 Å². The number of hydrogen-bond acceptors (Lipinski definition) is 5. The summed E-state index contributed by atoms with van der Waals surface area (Å²) in [6, 6.07) is 13.0. The smallest absolute Gasteiger partial charge is 0.230 e. The van der Waals surface area contributed by atoms with Gasteiger partial charge in [-0.15, -0.1) is 0 Å². The van der Waals surface area contributed by atoms with E-state index in [0.29, 0.717) is 23.1 Å². The molecule has 27 heavy (non-hydrogen) atoms. The number of thioether (sulfide) groups is 1. The molecule has 0 saturated heterocycles. The van der Waals surface area contributed by atoms with Crippen molar-refractivity contribution >= 4 is 40.3 Å². The van der Waals surface area contributed by atoms with Gasteiger partial charge in [0.15, 0.2) is 5.16 Å². The molecule has 3 rings (SSSR count). The standard InChI is InChI=1S/C19H20N4O3S/c1-12(24)21-14-7-8-17(26-2)13(9-14)10-20-18(25)11-27-19-22-15-5-3-4-6-16(15)23-19/h3-9H,10-11H2,1-2H3,(H,20,25)(H,21,24)(H,22,23). The highest BCUT2D eigenvalue weighted by atomic mass is 32.2. The number of anilines is 1. The molecule has 0 aliphatic carbocycles. The highest BCUT2D eigenvalue weighted by Crippen LogP contribution is 2.23. The van der Waals surface area contributed by atoms with Crippen molar-refractivity contribution in [3.63, 3.8) is 0 Å². The average molecular weight is 384 g/mol. The van der Waals surface area contributed by atoms with Crippen LogP contribution in [0.15, 0.2) is 47.6 Å². The van der Waals surface area contributed by atoms with Crippen LogP contribution in [0.1, 0.15) is 12.5 Å². The van der Waals surface area contributed by atoms with Crippen LogP contribution in [-0.4, -0.2) is 34.6 Å². The number of amides is 2. The first-order valence-corrected chi connectivity index (χ1v) is 9.32. The molecule has 0 spiro atoms. The molecular formula is C19H20N4O3S. The van der Waals surface area contributed by atoms with Gasteiger partial charge in [0.2, 0.25) is 11.8 Å². The van der Waals surface area contributed by atoms with Gasteiger partial charge in [0.1, 0.15) is 5.75 Å². The molecule has 0 aliphatic heterocycles. The second-order valence-corrected chi connectivity index (χ2v) is 6.80. The summed E-state index contributed by atoms with van der Waals surface area (Å²) in [5.74, 6) is 0.618. The van der Waals surface area contributed by atoms with Gasteiger partial charge < -0.3 is 20.4 Å². The zero-order chi connectivity index (χ0) is 19.2. The summed E-state index contributed by atoms with van der Waals surface area (Å²) in [7, 11) is 1.57. The van der Waals surface area contributed by atoms with Gasteiger partial charge in [-0.25, -0.2) is 4.98 Å². The molecule has 140 valence electrons. The number of nitrogens with zero attached hydrogens (tertiary/aromatic N) is 1. The van der Waals surface area contributed by atoms with Gasteiger partial charge >= 0.3 is 0 Å². The van der Waals surface area contributed by atoms with Gasteiger partial charge in [-0.3, -0.25) is 9.59 Å². The van der Waals surface area contributed by atoms with Crippen molar-refractivity contribution in [3.8, 4) is 5.75 Å². The zero-order valence-corrected chi connectivity index (χ0v) is 15.9. The van der Waals surface area contributed by atoms with Crippen LogP contribution in [0, 0.1) is 0 Å². The topological polar surface area (TPSA) is 96.1 Å². The lowest BCUT2D eigenvalue weighted by Crippen LogP contribution is -2.25. The molecule has 0 aliphatic rings. The summed E-state index contributed by atoms with van der Waals surface area (Å²) in [5, 5.41) is 6.29. The molecule has 0 unspecified atom stereocenters. The summed E-state index contributed by atoms with van der Waals surface area (Å²) in [5.41, 5.74) is 3.26. The van der Waals surface area contributed by atoms with Gasteiger partial charge in [0.05, 0.1) is 23.9 Å². The van der Waals surface area contributed by atoms with E-state index < -0.39 is 0 Å². The predicted molar refractivity (Wildman–Crippen MR) is 106 cm³/mol. The van der Waals surface area contributed by atoms with Crippen LogP contribution in [0.2, 0.25) is 0 Å². The second kappa shape index (κ2) is 8.59. The number of rotatable bonds is 7. The molecule has 2 amide bonds. The van der Waals surface area contributed by atoms with Crippen LogP contribution < -0.4 is 15.4 Å². The molecule has 8 heteroatoms. The molecular weight excluding hydrogens is 364 g/mol. The van der Waals surface area contributed by atoms with E-state index in [9.17, 15) is 9.59 Å². The number of aromatic nitrogens is 2. The van der Waals surface area contributed by atoms with Crippen molar-refractivity contribution in [2.24, 2.45) is 0 Å². The molecule has 2 aromatic carbocycles. The van der Waals surface area contributed by atoms with E-state index >= 15 is 0 Å². The van der Waals surface area contributed by atoms with Gasteiger partial charge in [-0.2, -0.15) is 0 Å². The summed E-state index contributed by atoms with van der Waals surface area (Å²) in [6.45, 7) is 1.75. The summed E-state index contributed by atoms with van der Waals surface area (Å²) in [4.78, 5) is 31.0. The van der Waals surface area contributed by atoms with Crippen LogP contribution >= 0.6 is 11.8 Å². The summed E-state index contributed by atoms with van der Waals surface area (Å²) < 4.78 is 5.32. The van der Waals surface area contributed by atoms with E-state index in [-0.39, 0.29) is 17.6 Å². The third kappa shape index (κ3) is 5.01. The lowest BCUT2D eigenvalue weighted by atomic mass is 10.1. The Kier molecular flexibility index (Phi) is 5.97. The first-order valence-electron chi connectivity index (χ1n) is 8.34. The normalized spacial score (nSPS) is 10.6. The van der Waals surface area contributed by atoms with Crippen molar-refractivity contribution in [3.05, 3.63) is 48.0 Å². The van der Waals surface area contributed by atoms with Crippen molar-refractivity contribution in [1.29, 1.82) is 0 Å². The molecule has 1 aromatic heterocycles. The fourth-order valence-corrected chi connectivity index (χ4v) is 3.29. The SMILES string of the molecule is COc1ccc(NC(C)=O)cc1CNC(=O)CSc1nc2ccccc2[nH]1. The van der Waals surface area contributed by atoms with Crippen LogP contribution in [-0.2, 0) is 16.1 Å². The highest BCUT2D eigenvalue weighted by molar-refractivity contribution is 7.99. The fourth-order valence-electron chi connectivity index (χ4n) is 2.57. The molecule has 0 fully saturated rings. The minimum Gasteiger partial charge on any atom is -0.496 e. The predicted octanol–water partition coefficient (Wildman–Crippen LogP) is 2.94. The first kappa shape index (κ1) is 18.8. The Morgan fingerprint density at radius 1 is 1.22 bits per heavy atom. The number of hydrogen-bond donors (Lipinski definition) is 3. The Morgan fingerprint density at radius 3 is 2.78 bits per heavy atom. The number of imidazole rings is 1. The van der Waals surface area contributed by atoms with Crippen molar-refractivity contribution in [2.45, 2.75) is 18.6 Å². The number of methoxy groups -OCH3 is 1. The van der Waals surface area contributed by atoms with Crippen LogP contribution in [0.5, 0.6) is 5.75 Å². The Labute approximate surface area is 160 Å². The maximum absolute atomic E-state index is 12.2. The van der Waals surface area contributed by atoms with Crippen molar-refractivity contribution in [1.82, 2.24) is 15.3 Å². The lowest BCUT2D eigenvalue weighted by molar-refractivity contribution is -0.118. The Morgan fingerprint density at radius 2 is 2.04 bits per heavy atom. The number of nitrogens with one attached hydrogen (secondary N) is 3. The number of ether oxygens (including phenoxy) is 1. The zero-order valence-electron chi connectivity index (χ0n) is 15.0. The van der Waals surface area contributed by atoms with Gasteiger partial charge in [0.25, 0.3) is 0 Å². The highest BCUT2D eigenvalue weighted by Gasteiger charge is 2.10. The third-order valence-corrected chi connectivity index (χ3v) is 4.66. The Bertz CT molecular complexity index is 937. The average Bonchev–Trinajstić information content (AvgIpc) is 3.07. The number of carbonyl (C=O) groups is 2. The number of para-hydroxylation sites is 2. The maximum Gasteiger partial charge on any atom is 0.230 e. The lowest BCUT2D eigenvalue weighted by Gasteiger charge is -2.12. The largest absolute Gasteiger partial charge is 0.496 e. The second-order valence-electron chi connectivity index (χ2n) is 5.83. The summed E-state index contributed by atoms with van der Waals surface area (Å²) >= 11 is 1.34. The molecule has 0 radical (unpaired) electrons. The molecule has 3 N–H and O–H groups in total. The number of aromatic amines is 1. The minimum absolute atomic E-state index is 0.118. The minimum atomic E-state index is -0.155. The molecule has 3 aromatic rings. The van der Waals surface area contributed by atoms with E-state index in [0.717, 1.165) is 16.6 Å². The third-order valence-electron chi connectivity index (χ3n) is 3.78. The van der Waals surface area contributed by atoms with Gasteiger partial charge in [-0.05, 0) is 30.3 Å². The van der Waals surface area contributed by atoms with E-state index in [1.165, 1.54) is 18.7 Å². The quantitative estimate of drug-likeness (QED) is 0.544. The number of fused-ring (bicyclic) bond motifs is 1. The van der Waals surface area contributed by atoms with E-state index in [1.807, 2.05) is 24.3 Å². The van der Waals surface area contributed by atoms with E-state index in [4.69, 9.17) is 4.74 Å². The Hall–Kier alpha value is -3.00. The molecule has 0 atom stereocenters. The molecule has 1 heterocycles. The van der Waals surface area contributed by atoms with Crippen LogP contribution in [0.4, 0.5) is 5.69 Å². The fraction of sp³-hybridized carbons (Fsp3) is 0.211. The first-order chi connectivity index (χ1) is 13.0. The number of benzene rings is 2. The molecule has 0 bridgehead atoms. The number of carbonyl (C=O) groups excluding carboxylic acids is 2. The summed E-state index contributed by atoms with van der Waals surface area (Å²) in [6.07, 6.45) is 0. The number of H-pyrrole nitrogens is 1. The Balaban J connectivity index is 1.57.